The maximum Gasteiger partial charge on any atom is 0.256 e. The van der Waals surface area contributed by atoms with Crippen LogP contribution in [-0.2, 0) is 5.75 Å². The Labute approximate surface area is 150 Å². The summed E-state index contributed by atoms with van der Waals surface area (Å²) in [5, 5.41) is 6.89. The Morgan fingerprint density at radius 1 is 1.12 bits per heavy atom. The highest BCUT2D eigenvalue weighted by Gasteiger charge is 2.14. The van der Waals surface area contributed by atoms with E-state index in [9.17, 15) is 4.79 Å². The van der Waals surface area contributed by atoms with E-state index in [1.165, 1.54) is 11.8 Å². The van der Waals surface area contributed by atoms with Crippen LogP contribution in [0.1, 0.15) is 33.2 Å². The maximum atomic E-state index is 12.7. The molecule has 3 rings (SSSR count). The van der Waals surface area contributed by atoms with E-state index in [-0.39, 0.29) is 5.91 Å². The van der Waals surface area contributed by atoms with Gasteiger partial charge in [-0.2, -0.15) is 4.98 Å². The Kier molecular flexibility index (Phi) is 5.19. The molecule has 1 aromatic heterocycles. The van der Waals surface area contributed by atoms with Crippen molar-refractivity contribution in [2.75, 3.05) is 5.32 Å². The number of hydrogen-bond acceptors (Lipinski definition) is 5. The molecule has 0 saturated carbocycles. The van der Waals surface area contributed by atoms with Gasteiger partial charge >= 0.3 is 0 Å². The molecule has 1 amide bonds. The van der Waals surface area contributed by atoms with Crippen molar-refractivity contribution in [3.05, 3.63) is 70.9 Å². The summed E-state index contributed by atoms with van der Waals surface area (Å²) in [5.41, 5.74) is 3.68. The highest BCUT2D eigenvalue weighted by atomic mass is 32.2. The van der Waals surface area contributed by atoms with Gasteiger partial charge < -0.3 is 9.84 Å². The van der Waals surface area contributed by atoms with Crippen LogP contribution in [0.5, 0.6) is 0 Å². The van der Waals surface area contributed by atoms with Gasteiger partial charge in [0.2, 0.25) is 5.89 Å². The lowest BCUT2D eigenvalue weighted by atomic mass is 10.1. The lowest BCUT2D eigenvalue weighted by molar-refractivity contribution is 0.102. The third kappa shape index (κ3) is 4.09. The van der Waals surface area contributed by atoms with E-state index in [1.54, 1.807) is 6.92 Å². The average Bonchev–Trinajstić information content (AvgIpc) is 3.03. The number of nitrogens with zero attached hydrogens (tertiary/aromatic N) is 2. The first-order valence-corrected chi connectivity index (χ1v) is 8.91. The van der Waals surface area contributed by atoms with E-state index >= 15 is 0 Å². The van der Waals surface area contributed by atoms with Crippen molar-refractivity contribution < 1.29 is 9.32 Å². The van der Waals surface area contributed by atoms with Gasteiger partial charge in [-0.1, -0.05) is 29.4 Å². The van der Waals surface area contributed by atoms with E-state index in [0.717, 1.165) is 21.7 Å². The van der Waals surface area contributed by atoms with Crippen LogP contribution in [0.25, 0.3) is 0 Å². The fourth-order valence-electron chi connectivity index (χ4n) is 2.40. The number of carbonyl (C=O) groups excluding carboxylic acids is 1. The summed E-state index contributed by atoms with van der Waals surface area (Å²) in [4.78, 5) is 17.8. The van der Waals surface area contributed by atoms with E-state index in [2.05, 4.69) is 15.5 Å². The van der Waals surface area contributed by atoms with Crippen LogP contribution in [-0.4, -0.2) is 16.0 Å². The topological polar surface area (TPSA) is 68.0 Å². The zero-order chi connectivity index (χ0) is 17.8. The number of amides is 1. The first kappa shape index (κ1) is 17.2. The molecule has 0 aliphatic carbocycles. The molecule has 0 spiro atoms. The van der Waals surface area contributed by atoms with Crippen molar-refractivity contribution in [2.45, 2.75) is 31.4 Å². The Morgan fingerprint density at radius 3 is 2.68 bits per heavy atom. The molecule has 3 aromatic rings. The molecule has 0 aliphatic rings. The predicted molar refractivity (Wildman–Crippen MR) is 98.9 cm³/mol. The number of thioether (sulfide) groups is 1. The highest BCUT2D eigenvalue weighted by Crippen LogP contribution is 2.27. The monoisotopic (exact) mass is 353 g/mol. The lowest BCUT2D eigenvalue weighted by Gasteiger charge is -2.12. The van der Waals surface area contributed by atoms with Crippen LogP contribution in [0.15, 0.2) is 51.9 Å². The smallest absolute Gasteiger partial charge is 0.256 e. The summed E-state index contributed by atoms with van der Waals surface area (Å²) in [6.07, 6.45) is 0. The normalized spacial score (nSPS) is 10.7. The van der Waals surface area contributed by atoms with Crippen LogP contribution in [0.4, 0.5) is 5.69 Å². The van der Waals surface area contributed by atoms with E-state index in [0.29, 0.717) is 23.0 Å². The summed E-state index contributed by atoms with van der Waals surface area (Å²) >= 11 is 1.51. The molecule has 0 bridgehead atoms. The molecule has 2 aromatic carbocycles. The number of aromatic nitrogens is 2. The molecule has 0 saturated heterocycles. The van der Waals surface area contributed by atoms with Crippen LogP contribution < -0.4 is 5.32 Å². The minimum absolute atomic E-state index is 0.124. The largest absolute Gasteiger partial charge is 0.340 e. The average molecular weight is 353 g/mol. The second-order valence-corrected chi connectivity index (χ2v) is 6.73. The standard InChI is InChI=1S/C19H19N3O2S/c1-12-7-6-9-16(13(12)2)21-19(23)15-8-4-5-10-17(15)25-11-18-20-14(3)24-22-18/h4-10H,11H2,1-3H3,(H,21,23). The maximum absolute atomic E-state index is 12.7. The molecule has 0 fully saturated rings. The van der Waals surface area contributed by atoms with Gasteiger partial charge in [0.15, 0.2) is 5.82 Å². The molecule has 128 valence electrons. The van der Waals surface area contributed by atoms with E-state index in [1.807, 2.05) is 56.3 Å². The van der Waals surface area contributed by atoms with Gasteiger partial charge in [0.1, 0.15) is 0 Å². The number of aryl methyl sites for hydroxylation is 2. The van der Waals surface area contributed by atoms with Crippen molar-refractivity contribution in [2.24, 2.45) is 0 Å². The van der Waals surface area contributed by atoms with Gasteiger partial charge in [0.05, 0.1) is 11.3 Å². The zero-order valence-corrected chi connectivity index (χ0v) is 15.2. The predicted octanol–water partition coefficient (Wildman–Crippen LogP) is 4.54. The van der Waals surface area contributed by atoms with Crippen LogP contribution in [0.3, 0.4) is 0 Å². The van der Waals surface area contributed by atoms with Gasteiger partial charge in [-0.15, -0.1) is 11.8 Å². The molecule has 0 atom stereocenters. The van der Waals surface area contributed by atoms with Gasteiger partial charge in [-0.25, -0.2) is 0 Å². The second kappa shape index (κ2) is 7.53. The first-order valence-electron chi connectivity index (χ1n) is 7.93. The molecule has 25 heavy (non-hydrogen) atoms. The molecule has 1 heterocycles. The molecular formula is C19H19N3O2S. The fourth-order valence-corrected chi connectivity index (χ4v) is 3.29. The summed E-state index contributed by atoms with van der Waals surface area (Å²) in [7, 11) is 0. The van der Waals surface area contributed by atoms with Gasteiger partial charge in [-0.05, 0) is 43.2 Å². The number of benzene rings is 2. The lowest BCUT2D eigenvalue weighted by Crippen LogP contribution is -2.14. The van der Waals surface area contributed by atoms with Crippen LogP contribution >= 0.6 is 11.8 Å². The van der Waals surface area contributed by atoms with Crippen molar-refractivity contribution in [1.29, 1.82) is 0 Å². The van der Waals surface area contributed by atoms with E-state index < -0.39 is 0 Å². The van der Waals surface area contributed by atoms with E-state index in [4.69, 9.17) is 4.52 Å². The molecule has 0 aliphatic heterocycles. The van der Waals surface area contributed by atoms with Crippen LogP contribution in [0, 0.1) is 20.8 Å². The Balaban J connectivity index is 1.77. The molecule has 1 N–H and O–H groups in total. The van der Waals surface area contributed by atoms with Crippen molar-refractivity contribution in [1.82, 2.24) is 10.1 Å². The third-order valence-electron chi connectivity index (χ3n) is 3.91. The minimum Gasteiger partial charge on any atom is -0.340 e. The molecular weight excluding hydrogens is 334 g/mol. The number of hydrogen-bond donors (Lipinski definition) is 1. The number of nitrogens with one attached hydrogen (secondary N) is 1. The molecule has 5 nitrogen and oxygen atoms in total. The Bertz CT molecular complexity index is 905. The summed E-state index contributed by atoms with van der Waals surface area (Å²) in [5.74, 6) is 1.58. The fraction of sp³-hybridized carbons (Fsp3) is 0.211. The summed E-state index contributed by atoms with van der Waals surface area (Å²) in [6.45, 7) is 5.79. The van der Waals surface area contributed by atoms with Gasteiger partial charge in [0, 0.05) is 17.5 Å². The number of anilines is 1. The van der Waals surface area contributed by atoms with Crippen molar-refractivity contribution in [3.8, 4) is 0 Å². The molecule has 0 radical (unpaired) electrons. The summed E-state index contributed by atoms with van der Waals surface area (Å²) < 4.78 is 4.98. The Hall–Kier alpha value is -2.60. The number of rotatable bonds is 5. The molecule has 6 heteroatoms. The van der Waals surface area contributed by atoms with Crippen molar-refractivity contribution in [3.63, 3.8) is 0 Å². The zero-order valence-electron chi connectivity index (χ0n) is 14.4. The van der Waals surface area contributed by atoms with Gasteiger partial charge in [0.25, 0.3) is 5.91 Å². The summed E-state index contributed by atoms with van der Waals surface area (Å²) in [6, 6.07) is 13.4. The van der Waals surface area contributed by atoms with Gasteiger partial charge in [-0.3, -0.25) is 4.79 Å². The quantitative estimate of drug-likeness (QED) is 0.682. The Morgan fingerprint density at radius 2 is 1.92 bits per heavy atom. The third-order valence-corrected chi connectivity index (χ3v) is 4.98. The minimum atomic E-state index is -0.124. The number of carbonyl (C=O) groups is 1. The highest BCUT2D eigenvalue weighted by molar-refractivity contribution is 7.98. The van der Waals surface area contributed by atoms with Crippen LogP contribution in [0.2, 0.25) is 0 Å². The second-order valence-electron chi connectivity index (χ2n) is 5.72. The molecule has 0 unspecified atom stereocenters. The SMILES string of the molecule is Cc1nc(CSc2ccccc2C(=O)Nc2cccc(C)c2C)no1. The van der Waals surface area contributed by atoms with Crippen molar-refractivity contribution >= 4 is 23.4 Å². The first-order chi connectivity index (χ1) is 12.0.